The number of benzene rings is 1. The molecule has 0 radical (unpaired) electrons. The van der Waals surface area contributed by atoms with Gasteiger partial charge in [0.2, 0.25) is 0 Å². The molecule has 6 nitrogen and oxygen atoms in total. The molecule has 0 fully saturated rings. The number of aromatic nitrogens is 2. The Morgan fingerprint density at radius 1 is 1.23 bits per heavy atom. The summed E-state index contributed by atoms with van der Waals surface area (Å²) >= 11 is 0. The van der Waals surface area contributed by atoms with Crippen molar-refractivity contribution in [2.45, 2.75) is 19.1 Å². The molecule has 132 valence electrons. The maximum Gasteiger partial charge on any atom is 0.275 e. The Balaban J connectivity index is 1.42. The summed E-state index contributed by atoms with van der Waals surface area (Å²) in [5.41, 5.74) is 3.57. The molecule has 2 aromatic heterocycles. The average Bonchev–Trinajstić information content (AvgIpc) is 3.18. The van der Waals surface area contributed by atoms with Crippen molar-refractivity contribution in [3.63, 3.8) is 0 Å². The molecule has 1 aliphatic rings. The lowest BCUT2D eigenvalue weighted by atomic mass is 9.99. The molecule has 1 unspecified atom stereocenters. The number of nitrogens with zero attached hydrogens (tertiary/aromatic N) is 3. The van der Waals surface area contributed by atoms with Crippen LogP contribution in [0.5, 0.6) is 0 Å². The number of hydrogen-bond donors (Lipinski definition) is 0. The number of rotatable bonds is 4. The van der Waals surface area contributed by atoms with E-state index in [1.54, 1.807) is 30.4 Å². The molecule has 6 heteroatoms. The number of amides is 1. The summed E-state index contributed by atoms with van der Waals surface area (Å²) in [5, 5.41) is 3.91. The molecule has 0 saturated carbocycles. The molecular weight excluding hydrogens is 330 g/mol. The number of pyridine rings is 1. The van der Waals surface area contributed by atoms with Crippen LogP contribution in [0.3, 0.4) is 0 Å². The number of likely N-dealkylation sites (N-methyl/N-ethyl adjacent to an activating group) is 1. The van der Waals surface area contributed by atoms with E-state index in [4.69, 9.17) is 9.26 Å². The molecule has 0 spiro atoms. The quantitative estimate of drug-likeness (QED) is 0.724. The van der Waals surface area contributed by atoms with Crippen molar-refractivity contribution in [2.24, 2.45) is 0 Å². The Bertz CT molecular complexity index is 907. The molecule has 4 rings (SSSR count). The minimum absolute atomic E-state index is 0.0245. The van der Waals surface area contributed by atoms with Crippen molar-refractivity contribution < 1.29 is 14.1 Å². The van der Waals surface area contributed by atoms with Gasteiger partial charge in [-0.2, -0.15) is 0 Å². The maximum absolute atomic E-state index is 12.6. The second-order valence-electron chi connectivity index (χ2n) is 6.41. The number of carbonyl (C=O) groups is 1. The van der Waals surface area contributed by atoms with Crippen LogP contribution in [0.25, 0.3) is 11.3 Å². The fraction of sp³-hybridized carbons (Fsp3) is 0.250. The van der Waals surface area contributed by atoms with Gasteiger partial charge in [-0.25, -0.2) is 0 Å². The normalized spacial score (nSPS) is 16.1. The van der Waals surface area contributed by atoms with E-state index in [0.717, 1.165) is 12.0 Å². The fourth-order valence-electron chi connectivity index (χ4n) is 3.13. The van der Waals surface area contributed by atoms with Gasteiger partial charge in [0, 0.05) is 44.0 Å². The van der Waals surface area contributed by atoms with Gasteiger partial charge < -0.3 is 14.2 Å². The third-order valence-corrected chi connectivity index (χ3v) is 4.54. The van der Waals surface area contributed by atoms with E-state index in [-0.39, 0.29) is 17.7 Å². The van der Waals surface area contributed by atoms with Crippen LogP contribution < -0.4 is 0 Å². The Morgan fingerprint density at radius 2 is 2.08 bits per heavy atom. The first kappa shape index (κ1) is 16.5. The van der Waals surface area contributed by atoms with Crippen molar-refractivity contribution in [2.75, 3.05) is 13.6 Å². The van der Waals surface area contributed by atoms with Crippen LogP contribution in [0, 0.1) is 0 Å². The van der Waals surface area contributed by atoms with Crippen LogP contribution in [-0.4, -0.2) is 40.6 Å². The maximum atomic E-state index is 12.6. The van der Waals surface area contributed by atoms with Gasteiger partial charge in [0.25, 0.3) is 5.91 Å². The zero-order chi connectivity index (χ0) is 17.9. The number of hydrogen-bond acceptors (Lipinski definition) is 5. The fourth-order valence-corrected chi connectivity index (χ4v) is 3.13. The first-order chi connectivity index (χ1) is 12.7. The monoisotopic (exact) mass is 349 g/mol. The van der Waals surface area contributed by atoms with Crippen LogP contribution in [-0.2, 0) is 17.8 Å². The summed E-state index contributed by atoms with van der Waals surface area (Å²) in [6.07, 6.45) is 4.13. The summed E-state index contributed by atoms with van der Waals surface area (Å²) in [5.74, 6) is 0.337. The van der Waals surface area contributed by atoms with Crippen LogP contribution in [0.4, 0.5) is 0 Å². The van der Waals surface area contributed by atoms with Crippen molar-refractivity contribution in [1.29, 1.82) is 0 Å². The predicted octanol–water partition coefficient (Wildman–Crippen LogP) is 2.95. The van der Waals surface area contributed by atoms with Gasteiger partial charge in [-0.1, -0.05) is 29.4 Å². The van der Waals surface area contributed by atoms with E-state index in [2.05, 4.69) is 22.3 Å². The highest BCUT2D eigenvalue weighted by atomic mass is 16.5. The Morgan fingerprint density at radius 3 is 2.88 bits per heavy atom. The topological polar surface area (TPSA) is 68.5 Å². The molecule has 1 amide bonds. The lowest BCUT2D eigenvalue weighted by Gasteiger charge is -2.28. The van der Waals surface area contributed by atoms with Crippen LogP contribution >= 0.6 is 0 Å². The van der Waals surface area contributed by atoms with E-state index >= 15 is 0 Å². The molecular formula is C20H19N3O3. The van der Waals surface area contributed by atoms with Crippen molar-refractivity contribution in [3.8, 4) is 11.3 Å². The van der Waals surface area contributed by atoms with Crippen LogP contribution in [0.2, 0.25) is 0 Å². The highest BCUT2D eigenvalue weighted by Gasteiger charge is 2.24. The second kappa shape index (κ2) is 7.09. The molecule has 3 aromatic rings. The summed E-state index contributed by atoms with van der Waals surface area (Å²) in [4.78, 5) is 18.3. The third-order valence-electron chi connectivity index (χ3n) is 4.54. The molecule has 26 heavy (non-hydrogen) atoms. The Labute approximate surface area is 151 Å². The van der Waals surface area contributed by atoms with E-state index < -0.39 is 0 Å². The van der Waals surface area contributed by atoms with Gasteiger partial charge in [0.1, 0.15) is 0 Å². The number of carbonyl (C=O) groups excluding carboxylic acids is 1. The van der Waals surface area contributed by atoms with E-state index in [0.29, 0.717) is 18.9 Å². The lowest BCUT2D eigenvalue weighted by molar-refractivity contribution is 0.00964. The van der Waals surface area contributed by atoms with E-state index in [9.17, 15) is 4.79 Å². The van der Waals surface area contributed by atoms with Gasteiger partial charge in [-0.3, -0.25) is 9.78 Å². The number of ether oxygens (including phenoxy) is 1. The molecule has 0 bridgehead atoms. The highest BCUT2D eigenvalue weighted by molar-refractivity contribution is 5.92. The summed E-state index contributed by atoms with van der Waals surface area (Å²) in [6.45, 7) is 1.08. The van der Waals surface area contributed by atoms with Crippen LogP contribution in [0.15, 0.2) is 59.4 Å². The standard InChI is InChI=1S/C20H19N3O3/c1-23(12-17-9-14-5-2-3-6-16(14)13-25-17)20(24)18-10-19(26-22-18)15-7-4-8-21-11-15/h2-8,10-11,17H,9,12-13H2,1H3. The summed E-state index contributed by atoms with van der Waals surface area (Å²) in [6, 6.07) is 13.6. The minimum Gasteiger partial charge on any atom is -0.371 e. The molecule has 1 aromatic carbocycles. The zero-order valence-electron chi connectivity index (χ0n) is 14.5. The molecule has 3 heterocycles. The van der Waals surface area contributed by atoms with Crippen molar-refractivity contribution >= 4 is 5.91 Å². The molecule has 1 aliphatic heterocycles. The first-order valence-electron chi connectivity index (χ1n) is 8.51. The van der Waals surface area contributed by atoms with Gasteiger partial charge in [0.05, 0.1) is 12.7 Å². The zero-order valence-corrected chi connectivity index (χ0v) is 14.5. The lowest BCUT2D eigenvalue weighted by Crippen LogP contribution is -2.38. The van der Waals surface area contributed by atoms with E-state index in [1.165, 1.54) is 11.1 Å². The smallest absolute Gasteiger partial charge is 0.275 e. The van der Waals surface area contributed by atoms with Gasteiger partial charge in [-0.05, 0) is 23.3 Å². The second-order valence-corrected chi connectivity index (χ2v) is 6.41. The van der Waals surface area contributed by atoms with E-state index in [1.807, 2.05) is 24.3 Å². The molecule has 0 saturated heterocycles. The Hall–Kier alpha value is -2.99. The number of fused-ring (bicyclic) bond motifs is 1. The highest BCUT2D eigenvalue weighted by Crippen LogP contribution is 2.22. The van der Waals surface area contributed by atoms with Gasteiger partial charge >= 0.3 is 0 Å². The first-order valence-corrected chi connectivity index (χ1v) is 8.51. The Kier molecular flexibility index (Phi) is 4.50. The van der Waals surface area contributed by atoms with Crippen molar-refractivity contribution in [3.05, 3.63) is 71.7 Å². The average molecular weight is 349 g/mol. The largest absolute Gasteiger partial charge is 0.371 e. The van der Waals surface area contributed by atoms with Gasteiger partial charge in [0.15, 0.2) is 11.5 Å². The summed E-state index contributed by atoms with van der Waals surface area (Å²) in [7, 11) is 1.75. The molecule has 1 atom stereocenters. The van der Waals surface area contributed by atoms with Crippen molar-refractivity contribution in [1.82, 2.24) is 15.0 Å². The van der Waals surface area contributed by atoms with Gasteiger partial charge in [-0.15, -0.1) is 0 Å². The SMILES string of the molecule is CN(CC1Cc2ccccc2CO1)C(=O)c1cc(-c2cccnc2)on1. The molecule has 0 N–H and O–H groups in total. The van der Waals surface area contributed by atoms with Crippen LogP contribution in [0.1, 0.15) is 21.6 Å². The summed E-state index contributed by atoms with van der Waals surface area (Å²) < 4.78 is 11.2. The molecule has 0 aliphatic carbocycles. The third kappa shape index (κ3) is 3.36. The predicted molar refractivity (Wildman–Crippen MR) is 95.4 cm³/mol. The minimum atomic E-state index is -0.189.